The number of benzene rings is 2. The Hall–Kier alpha value is -1.90. The summed E-state index contributed by atoms with van der Waals surface area (Å²) in [5.41, 5.74) is 0.681. The predicted molar refractivity (Wildman–Crippen MR) is 98.1 cm³/mol. The van der Waals surface area contributed by atoms with Crippen LogP contribution in [0.25, 0.3) is 0 Å². The van der Waals surface area contributed by atoms with E-state index in [0.717, 1.165) is 4.90 Å². The molecule has 2 aromatic rings. The maximum Gasteiger partial charge on any atom is 0.261 e. The molecule has 1 aliphatic rings. The first-order valence-electron chi connectivity index (χ1n) is 7.22. The predicted octanol–water partition coefficient (Wildman–Crippen LogP) is 3.56. The number of carbonyl (C=O) groups is 2. The molecule has 0 aromatic heterocycles. The van der Waals surface area contributed by atoms with Crippen molar-refractivity contribution < 1.29 is 18.0 Å². The number of hydrogen-bond donors (Lipinski definition) is 1. The number of hydrogen-bond acceptors (Lipinski definition) is 4. The van der Waals surface area contributed by atoms with Crippen LogP contribution in [0.15, 0.2) is 51.8 Å². The summed E-state index contributed by atoms with van der Waals surface area (Å²) >= 11 is 9.19. The molecule has 0 radical (unpaired) electrons. The molecule has 9 heteroatoms. The summed E-state index contributed by atoms with van der Waals surface area (Å²) in [7, 11) is -3.82. The molecule has 1 N–H and O–H groups in total. The van der Waals surface area contributed by atoms with Crippen molar-refractivity contribution in [2.75, 3.05) is 9.62 Å². The smallest absolute Gasteiger partial charge is 0.261 e. The van der Waals surface area contributed by atoms with E-state index in [-0.39, 0.29) is 29.6 Å². The number of carbonyl (C=O) groups excluding carboxylic acids is 2. The summed E-state index contributed by atoms with van der Waals surface area (Å²) in [6, 6.07) is 10.2. The van der Waals surface area contributed by atoms with Crippen molar-refractivity contribution in [2.24, 2.45) is 0 Å². The lowest BCUT2D eigenvalue weighted by Gasteiger charge is -2.14. The average Bonchev–Trinajstić information content (AvgIpc) is 2.90. The fraction of sp³-hybridized carbons (Fsp3) is 0.125. The maximum absolute atomic E-state index is 12.4. The van der Waals surface area contributed by atoms with Crippen molar-refractivity contribution in [2.45, 2.75) is 17.7 Å². The lowest BCUT2D eigenvalue weighted by atomic mass is 10.3. The van der Waals surface area contributed by atoms with Crippen molar-refractivity contribution in [3.05, 3.63) is 52.0 Å². The van der Waals surface area contributed by atoms with Crippen molar-refractivity contribution >= 4 is 60.7 Å². The molecule has 2 amide bonds. The van der Waals surface area contributed by atoms with E-state index in [0.29, 0.717) is 20.9 Å². The number of imide groups is 1. The van der Waals surface area contributed by atoms with Crippen LogP contribution in [-0.2, 0) is 19.6 Å². The highest BCUT2D eigenvalue weighted by atomic mass is 79.9. The van der Waals surface area contributed by atoms with E-state index in [4.69, 9.17) is 11.6 Å². The number of rotatable bonds is 4. The van der Waals surface area contributed by atoms with Crippen LogP contribution in [0.5, 0.6) is 0 Å². The summed E-state index contributed by atoms with van der Waals surface area (Å²) in [6.45, 7) is 0. The Bertz CT molecular complexity index is 945. The van der Waals surface area contributed by atoms with Crippen LogP contribution in [0.4, 0.5) is 11.4 Å². The number of nitrogens with one attached hydrogen (secondary N) is 1. The molecule has 2 aromatic carbocycles. The summed E-state index contributed by atoms with van der Waals surface area (Å²) in [6.07, 6.45) is 0.343. The standard InChI is InChI=1S/C16H12BrClN2O4S/c17-13-6-1-10(9-14(13)18)19-25(23,24)12-4-2-11(3-5-12)20-15(21)7-8-16(20)22/h1-6,9,19H,7-8H2. The maximum atomic E-state index is 12.4. The first kappa shape index (κ1) is 17.9. The molecular formula is C16H12BrClN2O4S. The van der Waals surface area contributed by atoms with Gasteiger partial charge in [-0.1, -0.05) is 11.6 Å². The summed E-state index contributed by atoms with van der Waals surface area (Å²) in [5, 5.41) is 0.376. The normalized spacial score (nSPS) is 14.9. The molecule has 6 nitrogen and oxygen atoms in total. The molecule has 0 bridgehead atoms. The molecule has 1 fully saturated rings. The van der Waals surface area contributed by atoms with Crippen LogP contribution in [0.1, 0.15) is 12.8 Å². The second-order valence-corrected chi connectivity index (χ2v) is 8.30. The fourth-order valence-electron chi connectivity index (χ4n) is 2.41. The Kier molecular flexibility index (Phi) is 4.86. The van der Waals surface area contributed by atoms with Crippen LogP contribution in [-0.4, -0.2) is 20.2 Å². The van der Waals surface area contributed by atoms with Gasteiger partial charge in [0.25, 0.3) is 10.0 Å². The largest absolute Gasteiger partial charge is 0.280 e. The third kappa shape index (κ3) is 3.70. The minimum Gasteiger partial charge on any atom is -0.280 e. The van der Waals surface area contributed by atoms with Gasteiger partial charge in [0.05, 0.1) is 21.3 Å². The van der Waals surface area contributed by atoms with Gasteiger partial charge in [-0.2, -0.15) is 0 Å². The van der Waals surface area contributed by atoms with Crippen LogP contribution in [0.2, 0.25) is 5.02 Å². The lowest BCUT2D eigenvalue weighted by molar-refractivity contribution is -0.121. The van der Waals surface area contributed by atoms with Crippen LogP contribution < -0.4 is 9.62 Å². The first-order chi connectivity index (χ1) is 11.8. The monoisotopic (exact) mass is 442 g/mol. The summed E-state index contributed by atoms with van der Waals surface area (Å²) in [4.78, 5) is 24.5. The zero-order chi connectivity index (χ0) is 18.2. The van der Waals surface area contributed by atoms with Crippen LogP contribution in [0, 0.1) is 0 Å². The van der Waals surface area contributed by atoms with Gasteiger partial charge < -0.3 is 0 Å². The number of anilines is 2. The van der Waals surface area contributed by atoms with Crippen molar-refractivity contribution in [1.82, 2.24) is 0 Å². The second kappa shape index (κ2) is 6.78. The Morgan fingerprint density at radius 2 is 1.60 bits per heavy atom. The first-order valence-corrected chi connectivity index (χ1v) is 9.87. The molecule has 130 valence electrons. The van der Waals surface area contributed by atoms with Gasteiger partial charge in [0.15, 0.2) is 0 Å². The number of amides is 2. The minimum atomic E-state index is -3.82. The quantitative estimate of drug-likeness (QED) is 0.732. The number of halogens is 2. The van der Waals surface area contributed by atoms with Gasteiger partial charge in [-0.05, 0) is 58.4 Å². The van der Waals surface area contributed by atoms with E-state index < -0.39 is 10.0 Å². The molecule has 0 saturated carbocycles. The van der Waals surface area contributed by atoms with E-state index in [9.17, 15) is 18.0 Å². The summed E-state index contributed by atoms with van der Waals surface area (Å²) < 4.78 is 28.0. The SMILES string of the molecule is O=C1CCC(=O)N1c1ccc(S(=O)(=O)Nc2ccc(Br)c(Cl)c2)cc1. The molecule has 1 heterocycles. The molecule has 0 spiro atoms. The third-order valence-corrected chi connectivity index (χ3v) is 6.26. The van der Waals surface area contributed by atoms with Gasteiger partial charge in [0.2, 0.25) is 11.8 Å². The van der Waals surface area contributed by atoms with Gasteiger partial charge >= 0.3 is 0 Å². The van der Waals surface area contributed by atoms with Crippen molar-refractivity contribution in [3.8, 4) is 0 Å². The van der Waals surface area contributed by atoms with Gasteiger partial charge in [-0.15, -0.1) is 0 Å². The van der Waals surface area contributed by atoms with Gasteiger partial charge in [-0.3, -0.25) is 19.2 Å². The molecular weight excluding hydrogens is 432 g/mol. The zero-order valence-electron chi connectivity index (χ0n) is 12.7. The van der Waals surface area contributed by atoms with Crippen molar-refractivity contribution in [1.29, 1.82) is 0 Å². The molecule has 0 atom stereocenters. The van der Waals surface area contributed by atoms with E-state index in [1.54, 1.807) is 12.1 Å². The van der Waals surface area contributed by atoms with E-state index in [2.05, 4.69) is 20.7 Å². The van der Waals surface area contributed by atoms with E-state index >= 15 is 0 Å². The van der Waals surface area contributed by atoms with Crippen molar-refractivity contribution in [3.63, 3.8) is 0 Å². The Labute approximate surface area is 158 Å². The second-order valence-electron chi connectivity index (χ2n) is 5.35. The summed E-state index contributed by atoms with van der Waals surface area (Å²) in [5.74, 6) is -0.577. The number of sulfonamides is 1. The molecule has 0 aliphatic carbocycles. The number of nitrogens with zero attached hydrogens (tertiary/aromatic N) is 1. The molecule has 25 heavy (non-hydrogen) atoms. The van der Waals surface area contributed by atoms with E-state index in [1.165, 1.54) is 30.3 Å². The Morgan fingerprint density at radius 3 is 2.16 bits per heavy atom. The third-order valence-electron chi connectivity index (χ3n) is 3.63. The molecule has 3 rings (SSSR count). The topological polar surface area (TPSA) is 83.6 Å². The van der Waals surface area contributed by atoms with Crippen LogP contribution >= 0.6 is 27.5 Å². The fourth-order valence-corrected chi connectivity index (χ4v) is 3.89. The average molecular weight is 444 g/mol. The van der Waals surface area contributed by atoms with Gasteiger partial charge in [0, 0.05) is 17.3 Å². The highest BCUT2D eigenvalue weighted by Crippen LogP contribution is 2.28. The van der Waals surface area contributed by atoms with Gasteiger partial charge in [-0.25, -0.2) is 8.42 Å². The van der Waals surface area contributed by atoms with Crippen LogP contribution in [0.3, 0.4) is 0 Å². The molecule has 0 unspecified atom stereocenters. The zero-order valence-corrected chi connectivity index (χ0v) is 15.9. The highest BCUT2D eigenvalue weighted by molar-refractivity contribution is 9.10. The van der Waals surface area contributed by atoms with E-state index in [1.807, 2.05) is 0 Å². The lowest BCUT2D eigenvalue weighted by Crippen LogP contribution is -2.28. The molecule has 1 saturated heterocycles. The molecule has 1 aliphatic heterocycles. The Morgan fingerprint density at radius 1 is 1.00 bits per heavy atom. The highest BCUT2D eigenvalue weighted by Gasteiger charge is 2.30. The Balaban J connectivity index is 1.84. The van der Waals surface area contributed by atoms with Gasteiger partial charge in [0.1, 0.15) is 0 Å². The minimum absolute atomic E-state index is 0.00869.